The smallest absolute Gasteiger partial charge is 0.343 e. The molecule has 0 bridgehead atoms. The molecule has 0 aliphatic carbocycles. The Morgan fingerprint density at radius 1 is 0.788 bits per heavy atom. The highest BCUT2D eigenvalue weighted by Gasteiger charge is 2.12. The van der Waals surface area contributed by atoms with Gasteiger partial charge in [0.2, 0.25) is 0 Å². The van der Waals surface area contributed by atoms with Gasteiger partial charge in [-0.1, -0.05) is 93.6 Å². The maximum absolute atomic E-state index is 12.8. The summed E-state index contributed by atoms with van der Waals surface area (Å²) >= 11 is 0. The topological polar surface area (TPSA) is 35.5 Å². The number of esters is 1. The predicted molar refractivity (Wildman–Crippen MR) is 136 cm³/mol. The molecule has 0 fully saturated rings. The lowest BCUT2D eigenvalue weighted by Crippen LogP contribution is -2.09. The molecule has 0 saturated carbocycles. The van der Waals surface area contributed by atoms with Gasteiger partial charge < -0.3 is 9.47 Å². The summed E-state index contributed by atoms with van der Waals surface area (Å²) in [7, 11) is 1.71. The van der Waals surface area contributed by atoms with Crippen LogP contribution in [0.5, 0.6) is 5.75 Å². The van der Waals surface area contributed by atoms with Gasteiger partial charge in [0.05, 0.1) is 11.7 Å². The van der Waals surface area contributed by atoms with Crippen LogP contribution in [0.15, 0.2) is 72.8 Å². The molecule has 33 heavy (non-hydrogen) atoms. The molecule has 0 amide bonds. The lowest BCUT2D eigenvalue weighted by molar-refractivity contribution is 0.0733. The number of aryl methyl sites for hydroxylation is 1. The largest absolute Gasteiger partial charge is 0.423 e. The van der Waals surface area contributed by atoms with E-state index in [-0.39, 0.29) is 12.1 Å². The minimum Gasteiger partial charge on any atom is -0.423 e. The van der Waals surface area contributed by atoms with Crippen molar-refractivity contribution in [3.63, 3.8) is 0 Å². The molecule has 0 N–H and O–H groups in total. The zero-order valence-corrected chi connectivity index (χ0v) is 20.2. The third-order valence-electron chi connectivity index (χ3n) is 6.16. The number of ether oxygens (including phenoxy) is 2. The summed E-state index contributed by atoms with van der Waals surface area (Å²) in [6.07, 6.45) is 8.50. The van der Waals surface area contributed by atoms with Crippen molar-refractivity contribution in [1.29, 1.82) is 0 Å². The van der Waals surface area contributed by atoms with E-state index in [1.165, 1.54) is 32.1 Å². The fraction of sp³-hybridized carbons (Fsp3) is 0.367. The number of rotatable bonds is 12. The molecule has 0 heterocycles. The van der Waals surface area contributed by atoms with E-state index in [9.17, 15) is 4.79 Å². The maximum Gasteiger partial charge on any atom is 0.343 e. The molecule has 1 unspecified atom stereocenters. The second kappa shape index (κ2) is 13.0. The predicted octanol–water partition coefficient (Wildman–Crippen LogP) is 8.18. The van der Waals surface area contributed by atoms with Gasteiger partial charge in [0.25, 0.3) is 0 Å². The Morgan fingerprint density at radius 2 is 1.39 bits per heavy atom. The SMILES string of the molecule is CCCCCCCCc1ccccc1OC(=O)c1ccc(-c2ccc(C(C)OC)cc2)cc1. The second-order valence-electron chi connectivity index (χ2n) is 8.59. The molecule has 3 heteroatoms. The van der Waals surface area contributed by atoms with E-state index >= 15 is 0 Å². The van der Waals surface area contributed by atoms with E-state index in [1.54, 1.807) is 7.11 Å². The van der Waals surface area contributed by atoms with Crippen LogP contribution >= 0.6 is 0 Å². The monoisotopic (exact) mass is 444 g/mol. The molecule has 3 rings (SSSR count). The average molecular weight is 445 g/mol. The lowest BCUT2D eigenvalue weighted by Gasteiger charge is -2.11. The van der Waals surface area contributed by atoms with E-state index in [1.807, 2.05) is 49.4 Å². The summed E-state index contributed by atoms with van der Waals surface area (Å²) in [5, 5.41) is 0. The van der Waals surface area contributed by atoms with Gasteiger partial charge in [0.1, 0.15) is 5.75 Å². The van der Waals surface area contributed by atoms with Crippen LogP contribution in [0.1, 0.15) is 80.0 Å². The molecular weight excluding hydrogens is 408 g/mol. The second-order valence-corrected chi connectivity index (χ2v) is 8.59. The molecule has 0 saturated heterocycles. The number of benzene rings is 3. The number of carbonyl (C=O) groups excluding carboxylic acids is 1. The van der Waals surface area contributed by atoms with E-state index in [0.717, 1.165) is 35.1 Å². The molecule has 0 spiro atoms. The highest BCUT2D eigenvalue weighted by atomic mass is 16.5. The number of para-hydroxylation sites is 1. The van der Waals surface area contributed by atoms with Crippen LogP contribution in [0.25, 0.3) is 11.1 Å². The van der Waals surface area contributed by atoms with Crippen LogP contribution in [-0.2, 0) is 11.2 Å². The number of methoxy groups -OCH3 is 1. The molecule has 3 aromatic carbocycles. The molecule has 0 aliphatic heterocycles. The van der Waals surface area contributed by atoms with Crippen molar-refractivity contribution >= 4 is 5.97 Å². The van der Waals surface area contributed by atoms with Crippen molar-refractivity contribution in [3.8, 4) is 16.9 Å². The Balaban J connectivity index is 1.60. The maximum atomic E-state index is 12.8. The molecule has 0 aliphatic rings. The minimum absolute atomic E-state index is 0.0696. The van der Waals surface area contributed by atoms with Gasteiger partial charge in [-0.3, -0.25) is 0 Å². The van der Waals surface area contributed by atoms with Gasteiger partial charge in [-0.25, -0.2) is 4.79 Å². The van der Waals surface area contributed by atoms with E-state index in [4.69, 9.17) is 9.47 Å². The summed E-state index contributed by atoms with van der Waals surface area (Å²) in [6.45, 7) is 4.26. The van der Waals surface area contributed by atoms with E-state index in [2.05, 4.69) is 37.3 Å². The van der Waals surface area contributed by atoms with Crippen molar-refractivity contribution in [2.24, 2.45) is 0 Å². The summed E-state index contributed by atoms with van der Waals surface area (Å²) in [5.41, 5.74) is 4.96. The zero-order valence-electron chi connectivity index (χ0n) is 20.2. The Bertz CT molecular complexity index is 990. The first-order valence-electron chi connectivity index (χ1n) is 12.2. The Labute approximate surface area is 198 Å². The van der Waals surface area contributed by atoms with Gasteiger partial charge in [-0.05, 0) is 60.2 Å². The number of carbonyl (C=O) groups is 1. The third-order valence-corrected chi connectivity index (χ3v) is 6.16. The van der Waals surface area contributed by atoms with Crippen LogP contribution in [0.4, 0.5) is 0 Å². The third kappa shape index (κ3) is 7.30. The van der Waals surface area contributed by atoms with Crippen molar-refractivity contribution in [2.45, 2.75) is 64.9 Å². The standard InChI is InChI=1S/C30H36O3/c1-4-5-6-7-8-9-12-27-13-10-11-14-29(27)33-30(31)28-21-19-26(20-22-28)25-17-15-24(16-18-25)23(2)32-3/h10-11,13-23H,4-9,12H2,1-3H3. The molecule has 3 nitrogen and oxygen atoms in total. The fourth-order valence-electron chi connectivity index (χ4n) is 3.95. The highest BCUT2D eigenvalue weighted by molar-refractivity contribution is 5.91. The summed E-state index contributed by atoms with van der Waals surface area (Å²) in [4.78, 5) is 12.8. The van der Waals surface area contributed by atoms with Crippen LogP contribution in [0.2, 0.25) is 0 Å². The molecule has 0 aromatic heterocycles. The van der Waals surface area contributed by atoms with Gasteiger partial charge >= 0.3 is 5.97 Å². The fourth-order valence-corrected chi connectivity index (χ4v) is 3.95. The average Bonchev–Trinajstić information content (AvgIpc) is 2.86. The van der Waals surface area contributed by atoms with Crippen molar-refractivity contribution in [2.75, 3.05) is 7.11 Å². The van der Waals surface area contributed by atoms with Crippen molar-refractivity contribution in [1.82, 2.24) is 0 Å². The van der Waals surface area contributed by atoms with Crippen LogP contribution in [0, 0.1) is 0 Å². The number of hydrogen-bond acceptors (Lipinski definition) is 3. The van der Waals surface area contributed by atoms with Crippen LogP contribution in [0.3, 0.4) is 0 Å². The highest BCUT2D eigenvalue weighted by Crippen LogP contribution is 2.25. The first-order chi connectivity index (χ1) is 16.1. The normalized spacial score (nSPS) is 11.8. The summed E-state index contributed by atoms with van der Waals surface area (Å²) in [6, 6.07) is 23.8. The first-order valence-corrected chi connectivity index (χ1v) is 12.2. The lowest BCUT2D eigenvalue weighted by atomic mass is 10.0. The van der Waals surface area contributed by atoms with Crippen molar-refractivity contribution < 1.29 is 14.3 Å². The Morgan fingerprint density at radius 3 is 2.06 bits per heavy atom. The van der Waals surface area contributed by atoms with E-state index < -0.39 is 0 Å². The summed E-state index contributed by atoms with van der Waals surface area (Å²) < 4.78 is 11.1. The van der Waals surface area contributed by atoms with Gasteiger partial charge in [0, 0.05) is 7.11 Å². The molecule has 3 aromatic rings. The molecular formula is C30H36O3. The van der Waals surface area contributed by atoms with E-state index in [0.29, 0.717) is 11.3 Å². The van der Waals surface area contributed by atoms with Gasteiger partial charge in [0.15, 0.2) is 0 Å². The Kier molecular flexibility index (Phi) is 9.71. The molecule has 1 atom stereocenters. The summed E-state index contributed by atoms with van der Waals surface area (Å²) in [5.74, 6) is 0.351. The minimum atomic E-state index is -0.318. The van der Waals surface area contributed by atoms with Gasteiger partial charge in [-0.2, -0.15) is 0 Å². The zero-order chi connectivity index (χ0) is 23.5. The quantitative estimate of drug-likeness (QED) is 0.160. The number of unbranched alkanes of at least 4 members (excludes halogenated alkanes) is 5. The first kappa shape index (κ1) is 24.7. The van der Waals surface area contributed by atoms with Crippen molar-refractivity contribution in [3.05, 3.63) is 89.5 Å². The number of hydrogen-bond donors (Lipinski definition) is 0. The van der Waals surface area contributed by atoms with Crippen LogP contribution in [-0.4, -0.2) is 13.1 Å². The Hall–Kier alpha value is -2.91. The van der Waals surface area contributed by atoms with Gasteiger partial charge in [-0.15, -0.1) is 0 Å². The van der Waals surface area contributed by atoms with Crippen LogP contribution < -0.4 is 4.74 Å². The molecule has 174 valence electrons. The molecule has 0 radical (unpaired) electrons.